The molecule has 29 heavy (non-hydrogen) atoms. The van der Waals surface area contributed by atoms with Crippen molar-refractivity contribution in [3.05, 3.63) is 17.2 Å². The van der Waals surface area contributed by atoms with Gasteiger partial charge in [-0.2, -0.15) is 0 Å². The first-order chi connectivity index (χ1) is 13.6. The SMILES string of the molecule is CC(C)(C)CCCCCCc1cc(CCCCCCC2(C)CC2)c(O)c(O)c1O. The first-order valence-electron chi connectivity index (χ1n) is 11.9. The predicted octanol–water partition coefficient (Wildman–Crippen LogP) is 7.64. The number of phenols is 3. The summed E-state index contributed by atoms with van der Waals surface area (Å²) in [5.41, 5.74) is 2.58. The highest BCUT2D eigenvalue weighted by Crippen LogP contribution is 2.49. The third kappa shape index (κ3) is 8.48. The smallest absolute Gasteiger partial charge is 0.200 e. The van der Waals surface area contributed by atoms with Crippen molar-refractivity contribution < 1.29 is 15.3 Å². The molecule has 0 atom stereocenters. The summed E-state index contributed by atoms with van der Waals surface area (Å²) in [6, 6.07) is 1.91. The molecule has 3 N–H and O–H groups in total. The number of aryl methyl sites for hydroxylation is 2. The molecule has 1 saturated carbocycles. The Bertz CT molecular complexity index is 597. The molecule has 0 unspecified atom stereocenters. The fraction of sp³-hybridized carbons (Fsp3) is 0.769. The number of phenolic OH excluding ortho intramolecular Hbond substituents is 3. The molecule has 0 radical (unpaired) electrons. The average molecular weight is 405 g/mol. The lowest BCUT2D eigenvalue weighted by atomic mass is 9.89. The Labute approximate surface area is 178 Å². The molecule has 0 heterocycles. The Balaban J connectivity index is 1.74. The fourth-order valence-corrected chi connectivity index (χ4v) is 4.15. The van der Waals surface area contributed by atoms with Crippen molar-refractivity contribution in [1.82, 2.24) is 0 Å². The first kappa shape index (κ1) is 23.9. The normalized spacial score (nSPS) is 15.6. The van der Waals surface area contributed by atoms with Gasteiger partial charge in [0.15, 0.2) is 11.5 Å². The molecule has 0 bridgehead atoms. The summed E-state index contributed by atoms with van der Waals surface area (Å²) in [6.07, 6.45) is 16.2. The van der Waals surface area contributed by atoms with Crippen LogP contribution in [-0.4, -0.2) is 15.3 Å². The molecule has 0 aliphatic heterocycles. The lowest BCUT2D eigenvalue weighted by molar-refractivity contribution is 0.355. The van der Waals surface area contributed by atoms with Crippen molar-refractivity contribution in [1.29, 1.82) is 0 Å². The molecule has 3 heteroatoms. The third-order valence-corrected chi connectivity index (χ3v) is 6.61. The summed E-state index contributed by atoms with van der Waals surface area (Å²) in [4.78, 5) is 0. The standard InChI is InChI=1S/C26H44O3/c1-25(2,3)15-11-7-5-9-13-20-19-21(23(28)24(29)22(20)27)14-10-6-8-12-16-26(4)17-18-26/h19,27-29H,5-18H2,1-4H3. The molecule has 166 valence electrons. The lowest BCUT2D eigenvalue weighted by Gasteiger charge is -2.17. The Morgan fingerprint density at radius 2 is 1.21 bits per heavy atom. The van der Waals surface area contributed by atoms with E-state index in [0.717, 1.165) is 49.7 Å². The van der Waals surface area contributed by atoms with Gasteiger partial charge in [-0.05, 0) is 79.4 Å². The second kappa shape index (κ2) is 10.6. The molecule has 3 nitrogen and oxygen atoms in total. The molecule has 1 fully saturated rings. The maximum absolute atomic E-state index is 10.2. The summed E-state index contributed by atoms with van der Waals surface area (Å²) < 4.78 is 0. The number of unbranched alkanes of at least 4 members (excludes halogenated alkanes) is 6. The quantitative estimate of drug-likeness (QED) is 0.234. The molecule has 1 aliphatic carbocycles. The first-order valence-corrected chi connectivity index (χ1v) is 11.9. The van der Waals surface area contributed by atoms with Crippen LogP contribution in [0.15, 0.2) is 6.07 Å². The number of hydrogen-bond donors (Lipinski definition) is 3. The van der Waals surface area contributed by atoms with Crippen molar-refractivity contribution in [3.63, 3.8) is 0 Å². The second-order valence-corrected chi connectivity index (χ2v) is 10.9. The van der Waals surface area contributed by atoms with Crippen LogP contribution in [0.5, 0.6) is 17.2 Å². The van der Waals surface area contributed by atoms with Gasteiger partial charge in [0, 0.05) is 0 Å². The summed E-state index contributed by atoms with van der Waals surface area (Å²) in [5, 5.41) is 30.6. The van der Waals surface area contributed by atoms with Gasteiger partial charge in [0.05, 0.1) is 0 Å². The van der Waals surface area contributed by atoms with Crippen molar-refractivity contribution in [2.45, 2.75) is 118 Å². The van der Waals surface area contributed by atoms with Gasteiger partial charge in [0.25, 0.3) is 0 Å². The number of hydrogen-bond acceptors (Lipinski definition) is 3. The van der Waals surface area contributed by atoms with Crippen LogP contribution in [-0.2, 0) is 12.8 Å². The van der Waals surface area contributed by atoms with Gasteiger partial charge < -0.3 is 15.3 Å². The van der Waals surface area contributed by atoms with Crippen LogP contribution in [0.4, 0.5) is 0 Å². The van der Waals surface area contributed by atoms with Crippen molar-refractivity contribution in [2.24, 2.45) is 10.8 Å². The van der Waals surface area contributed by atoms with Crippen LogP contribution >= 0.6 is 0 Å². The Kier molecular flexibility index (Phi) is 8.73. The molecular weight excluding hydrogens is 360 g/mol. The van der Waals surface area contributed by atoms with E-state index in [1.165, 1.54) is 51.4 Å². The van der Waals surface area contributed by atoms with Crippen molar-refractivity contribution in [2.75, 3.05) is 0 Å². The van der Waals surface area contributed by atoms with Gasteiger partial charge >= 0.3 is 0 Å². The molecule has 0 aromatic heterocycles. The minimum absolute atomic E-state index is 0.137. The largest absolute Gasteiger partial charge is 0.504 e. The number of benzene rings is 1. The molecule has 2 rings (SSSR count). The molecule has 1 aromatic carbocycles. The van der Waals surface area contributed by atoms with Gasteiger partial charge in [-0.3, -0.25) is 0 Å². The van der Waals surface area contributed by atoms with Gasteiger partial charge in [-0.25, -0.2) is 0 Å². The third-order valence-electron chi connectivity index (χ3n) is 6.61. The monoisotopic (exact) mass is 404 g/mol. The summed E-state index contributed by atoms with van der Waals surface area (Å²) in [5.74, 6) is -0.618. The van der Waals surface area contributed by atoms with Crippen molar-refractivity contribution >= 4 is 0 Å². The van der Waals surface area contributed by atoms with E-state index in [2.05, 4.69) is 27.7 Å². The minimum Gasteiger partial charge on any atom is -0.504 e. The maximum Gasteiger partial charge on any atom is 0.200 e. The predicted molar refractivity (Wildman–Crippen MR) is 122 cm³/mol. The molecule has 0 amide bonds. The van der Waals surface area contributed by atoms with E-state index in [0.29, 0.717) is 10.8 Å². The van der Waals surface area contributed by atoms with Gasteiger partial charge in [-0.15, -0.1) is 0 Å². The van der Waals surface area contributed by atoms with E-state index >= 15 is 0 Å². The molecule has 0 saturated heterocycles. The van der Waals surface area contributed by atoms with Gasteiger partial charge in [-0.1, -0.05) is 66.2 Å². The Morgan fingerprint density at radius 3 is 1.69 bits per heavy atom. The van der Waals surface area contributed by atoms with Gasteiger partial charge in [0.1, 0.15) is 0 Å². The van der Waals surface area contributed by atoms with Crippen LogP contribution in [0.2, 0.25) is 0 Å². The molecular formula is C26H44O3. The zero-order valence-electron chi connectivity index (χ0n) is 19.3. The maximum atomic E-state index is 10.2. The summed E-state index contributed by atoms with van der Waals surface area (Å²) in [7, 11) is 0. The van der Waals surface area contributed by atoms with Crippen LogP contribution in [0.1, 0.15) is 116 Å². The van der Waals surface area contributed by atoms with E-state index in [1.54, 1.807) is 0 Å². The topological polar surface area (TPSA) is 60.7 Å². The number of aromatic hydroxyl groups is 3. The number of rotatable bonds is 13. The van der Waals surface area contributed by atoms with Crippen LogP contribution < -0.4 is 0 Å². The van der Waals surface area contributed by atoms with E-state index in [1.807, 2.05) is 6.07 Å². The Morgan fingerprint density at radius 1 is 0.724 bits per heavy atom. The zero-order chi connectivity index (χ0) is 21.5. The molecule has 1 aromatic rings. The minimum atomic E-state index is -0.341. The Hall–Kier alpha value is -1.38. The van der Waals surface area contributed by atoms with Crippen LogP contribution in [0.25, 0.3) is 0 Å². The second-order valence-electron chi connectivity index (χ2n) is 10.9. The van der Waals surface area contributed by atoms with E-state index in [-0.39, 0.29) is 17.2 Å². The fourth-order valence-electron chi connectivity index (χ4n) is 4.15. The summed E-state index contributed by atoms with van der Waals surface area (Å²) >= 11 is 0. The highest BCUT2D eigenvalue weighted by molar-refractivity contribution is 5.57. The lowest BCUT2D eigenvalue weighted by Crippen LogP contribution is -2.03. The highest BCUT2D eigenvalue weighted by Gasteiger charge is 2.35. The van der Waals surface area contributed by atoms with E-state index < -0.39 is 0 Å². The van der Waals surface area contributed by atoms with Gasteiger partial charge in [0.2, 0.25) is 5.75 Å². The van der Waals surface area contributed by atoms with Crippen LogP contribution in [0.3, 0.4) is 0 Å². The highest BCUT2D eigenvalue weighted by atomic mass is 16.3. The van der Waals surface area contributed by atoms with E-state index in [4.69, 9.17) is 0 Å². The van der Waals surface area contributed by atoms with Crippen LogP contribution in [0, 0.1) is 10.8 Å². The van der Waals surface area contributed by atoms with E-state index in [9.17, 15) is 15.3 Å². The molecule has 0 spiro atoms. The zero-order valence-corrected chi connectivity index (χ0v) is 19.3. The summed E-state index contributed by atoms with van der Waals surface area (Å²) in [6.45, 7) is 9.22. The average Bonchev–Trinajstić information content (AvgIpc) is 3.38. The molecule has 1 aliphatic rings. The van der Waals surface area contributed by atoms with Crippen molar-refractivity contribution in [3.8, 4) is 17.2 Å².